The molecular weight excluding hydrogens is 238 g/mol. The van der Waals surface area contributed by atoms with Gasteiger partial charge in [0.15, 0.2) is 0 Å². The van der Waals surface area contributed by atoms with E-state index in [1.165, 1.54) is 6.20 Å². The smallest absolute Gasteiger partial charge is 0.271 e. The summed E-state index contributed by atoms with van der Waals surface area (Å²) in [6.45, 7) is 2.48. The van der Waals surface area contributed by atoms with E-state index in [9.17, 15) is 4.79 Å². The van der Waals surface area contributed by atoms with Crippen LogP contribution in [-0.2, 0) is 6.42 Å². The van der Waals surface area contributed by atoms with E-state index in [0.29, 0.717) is 17.9 Å². The van der Waals surface area contributed by atoms with Crippen molar-refractivity contribution < 1.29 is 4.79 Å². The third kappa shape index (κ3) is 2.82. The zero-order valence-corrected chi connectivity index (χ0v) is 10.2. The Balaban J connectivity index is 1.83. The van der Waals surface area contributed by atoms with Crippen LogP contribution in [0.1, 0.15) is 21.2 Å². The first-order valence-corrected chi connectivity index (χ1v) is 6.03. The highest BCUT2D eigenvalue weighted by atomic mass is 32.1. The molecule has 0 bridgehead atoms. The fourth-order valence-electron chi connectivity index (χ4n) is 1.37. The first kappa shape index (κ1) is 11.6. The third-order valence-electron chi connectivity index (χ3n) is 2.19. The molecule has 2 aromatic rings. The molecule has 2 aromatic heterocycles. The normalized spacial score (nSPS) is 10.4. The van der Waals surface area contributed by atoms with Gasteiger partial charge in [-0.15, -0.1) is 11.3 Å². The number of nitrogen functional groups attached to an aromatic ring is 1. The Hall–Kier alpha value is -1.89. The number of anilines is 1. The van der Waals surface area contributed by atoms with Crippen LogP contribution in [0.2, 0.25) is 0 Å². The number of hydrogen-bond donors (Lipinski definition) is 3. The average Bonchev–Trinajstić information content (AvgIpc) is 2.87. The number of nitrogens with one attached hydrogen (secondary N) is 2. The summed E-state index contributed by atoms with van der Waals surface area (Å²) in [5, 5.41) is 12.0. The maximum Gasteiger partial charge on any atom is 0.271 e. The third-order valence-corrected chi connectivity index (χ3v) is 3.21. The second kappa shape index (κ2) is 4.96. The lowest BCUT2D eigenvalue weighted by Crippen LogP contribution is -2.26. The lowest BCUT2D eigenvalue weighted by atomic mass is 10.3. The van der Waals surface area contributed by atoms with E-state index in [0.717, 1.165) is 17.1 Å². The highest BCUT2D eigenvalue weighted by molar-refractivity contribution is 7.09. The Labute approximate surface area is 102 Å². The van der Waals surface area contributed by atoms with Gasteiger partial charge in [0.25, 0.3) is 5.91 Å². The number of carbonyl (C=O) groups is 1. The molecule has 2 heterocycles. The Morgan fingerprint density at radius 1 is 1.65 bits per heavy atom. The summed E-state index contributed by atoms with van der Waals surface area (Å²) < 4.78 is 0. The van der Waals surface area contributed by atoms with Gasteiger partial charge in [0.2, 0.25) is 0 Å². The van der Waals surface area contributed by atoms with Crippen LogP contribution in [0.3, 0.4) is 0 Å². The lowest BCUT2D eigenvalue weighted by molar-refractivity contribution is 0.0950. The van der Waals surface area contributed by atoms with E-state index in [4.69, 9.17) is 5.73 Å². The minimum absolute atomic E-state index is 0.242. The van der Waals surface area contributed by atoms with Crippen LogP contribution in [0.5, 0.6) is 0 Å². The van der Waals surface area contributed by atoms with Crippen LogP contribution >= 0.6 is 11.3 Å². The number of aromatic amines is 1. The Morgan fingerprint density at radius 3 is 3.06 bits per heavy atom. The predicted molar refractivity (Wildman–Crippen MR) is 65.9 cm³/mol. The number of nitrogens with two attached hydrogens (primary N) is 1. The summed E-state index contributed by atoms with van der Waals surface area (Å²) >= 11 is 1.59. The van der Waals surface area contributed by atoms with Crippen molar-refractivity contribution in [1.29, 1.82) is 0 Å². The number of H-pyrrole nitrogens is 1. The van der Waals surface area contributed by atoms with Gasteiger partial charge in [0, 0.05) is 24.0 Å². The van der Waals surface area contributed by atoms with Gasteiger partial charge < -0.3 is 11.1 Å². The molecule has 0 aliphatic carbocycles. The minimum atomic E-state index is -0.242. The van der Waals surface area contributed by atoms with Crippen molar-refractivity contribution in [2.45, 2.75) is 13.3 Å². The van der Waals surface area contributed by atoms with Gasteiger partial charge >= 0.3 is 0 Å². The molecule has 0 radical (unpaired) electrons. The second-order valence-corrected chi connectivity index (χ2v) is 4.53. The molecule has 0 aliphatic heterocycles. The lowest BCUT2D eigenvalue weighted by Gasteiger charge is -2.02. The number of amides is 1. The van der Waals surface area contributed by atoms with Gasteiger partial charge in [-0.05, 0) is 6.92 Å². The number of nitrogens with zero attached hydrogens (tertiary/aromatic N) is 2. The average molecular weight is 251 g/mol. The first-order chi connectivity index (χ1) is 8.16. The molecule has 0 atom stereocenters. The predicted octanol–water partition coefficient (Wildman–Crippen LogP) is 0.729. The molecule has 6 nitrogen and oxygen atoms in total. The van der Waals surface area contributed by atoms with E-state index in [1.807, 2.05) is 12.3 Å². The van der Waals surface area contributed by atoms with Crippen LogP contribution < -0.4 is 11.1 Å². The van der Waals surface area contributed by atoms with Gasteiger partial charge in [0.05, 0.1) is 16.9 Å². The number of thiazole rings is 1. The van der Waals surface area contributed by atoms with Crippen LogP contribution in [0, 0.1) is 6.92 Å². The van der Waals surface area contributed by atoms with Crippen LogP contribution in [0.4, 0.5) is 5.69 Å². The molecule has 0 aliphatic rings. The quantitative estimate of drug-likeness (QED) is 0.746. The number of rotatable bonds is 4. The molecule has 1 amide bonds. The van der Waals surface area contributed by atoms with Crippen LogP contribution in [-0.4, -0.2) is 27.6 Å². The van der Waals surface area contributed by atoms with Crippen molar-refractivity contribution in [2.75, 3.05) is 12.3 Å². The van der Waals surface area contributed by atoms with Gasteiger partial charge in [-0.3, -0.25) is 9.89 Å². The second-order valence-electron chi connectivity index (χ2n) is 3.59. The zero-order chi connectivity index (χ0) is 12.3. The fraction of sp³-hybridized carbons (Fsp3) is 0.300. The highest BCUT2D eigenvalue weighted by Crippen LogP contribution is 2.09. The zero-order valence-electron chi connectivity index (χ0n) is 9.36. The largest absolute Gasteiger partial charge is 0.396 e. The highest BCUT2D eigenvalue weighted by Gasteiger charge is 2.10. The monoisotopic (exact) mass is 251 g/mol. The Bertz CT molecular complexity index is 518. The maximum atomic E-state index is 11.6. The molecule has 0 saturated heterocycles. The molecule has 4 N–H and O–H groups in total. The molecule has 2 rings (SSSR count). The standard InChI is InChI=1S/C10H13N5OS/c1-6-5-17-8(14-6)2-3-12-10(16)9-7(11)4-13-15-9/h4-5H,2-3,11H2,1H3,(H,12,16)(H,13,15). The summed E-state index contributed by atoms with van der Waals surface area (Å²) in [6.07, 6.45) is 2.14. The summed E-state index contributed by atoms with van der Waals surface area (Å²) in [6, 6.07) is 0. The van der Waals surface area contributed by atoms with Gasteiger partial charge in [0.1, 0.15) is 5.69 Å². The van der Waals surface area contributed by atoms with Crippen LogP contribution in [0.25, 0.3) is 0 Å². The number of hydrogen-bond acceptors (Lipinski definition) is 5. The Kier molecular flexibility index (Phi) is 3.38. The van der Waals surface area contributed by atoms with Crippen molar-refractivity contribution in [2.24, 2.45) is 0 Å². The van der Waals surface area contributed by atoms with Gasteiger partial charge in [-0.2, -0.15) is 5.10 Å². The van der Waals surface area contributed by atoms with E-state index in [2.05, 4.69) is 20.5 Å². The molecule has 0 fully saturated rings. The Morgan fingerprint density at radius 2 is 2.47 bits per heavy atom. The topological polar surface area (TPSA) is 96.7 Å². The van der Waals surface area contributed by atoms with Crippen molar-refractivity contribution >= 4 is 22.9 Å². The summed E-state index contributed by atoms with van der Waals surface area (Å²) in [4.78, 5) is 16.0. The van der Waals surface area contributed by atoms with E-state index >= 15 is 0 Å². The maximum absolute atomic E-state index is 11.6. The van der Waals surface area contributed by atoms with Gasteiger partial charge in [-0.25, -0.2) is 4.98 Å². The molecular formula is C10H13N5OS. The van der Waals surface area contributed by atoms with Gasteiger partial charge in [-0.1, -0.05) is 0 Å². The van der Waals surface area contributed by atoms with Crippen molar-refractivity contribution in [3.05, 3.63) is 28.0 Å². The fourth-order valence-corrected chi connectivity index (χ4v) is 2.14. The molecule has 0 spiro atoms. The summed E-state index contributed by atoms with van der Waals surface area (Å²) in [5.41, 5.74) is 7.23. The molecule has 0 unspecified atom stereocenters. The minimum Gasteiger partial charge on any atom is -0.396 e. The summed E-state index contributed by atoms with van der Waals surface area (Å²) in [7, 11) is 0. The number of aromatic nitrogens is 3. The van der Waals surface area contributed by atoms with Crippen LogP contribution in [0.15, 0.2) is 11.6 Å². The number of aryl methyl sites for hydroxylation is 1. The van der Waals surface area contributed by atoms with Crippen molar-refractivity contribution in [1.82, 2.24) is 20.5 Å². The van der Waals surface area contributed by atoms with Crippen molar-refractivity contribution in [3.63, 3.8) is 0 Å². The van der Waals surface area contributed by atoms with E-state index in [-0.39, 0.29) is 5.91 Å². The van der Waals surface area contributed by atoms with Crippen molar-refractivity contribution in [3.8, 4) is 0 Å². The first-order valence-electron chi connectivity index (χ1n) is 5.15. The molecule has 0 saturated carbocycles. The molecule has 0 aromatic carbocycles. The molecule has 17 heavy (non-hydrogen) atoms. The van der Waals surface area contributed by atoms with E-state index < -0.39 is 0 Å². The molecule has 7 heteroatoms. The molecule has 90 valence electrons. The number of carbonyl (C=O) groups excluding carboxylic acids is 1. The summed E-state index contributed by atoms with van der Waals surface area (Å²) in [5.74, 6) is -0.242. The SMILES string of the molecule is Cc1csc(CCNC(=O)c2[nH]ncc2N)n1. The van der Waals surface area contributed by atoms with E-state index in [1.54, 1.807) is 11.3 Å².